The number of carboxylic acid groups (broad SMARTS) is 1. The zero-order valence-corrected chi connectivity index (χ0v) is 23.8. The molecule has 2 amide bonds. The predicted molar refractivity (Wildman–Crippen MR) is 159 cm³/mol. The second-order valence-corrected chi connectivity index (χ2v) is 11.2. The molecule has 0 heterocycles. The van der Waals surface area contributed by atoms with E-state index in [1.807, 2.05) is 66.7 Å². The third-order valence-electron chi connectivity index (χ3n) is 8.49. The van der Waals surface area contributed by atoms with Gasteiger partial charge in [0.1, 0.15) is 12.6 Å². The van der Waals surface area contributed by atoms with Crippen molar-refractivity contribution in [1.82, 2.24) is 10.6 Å². The van der Waals surface area contributed by atoms with Gasteiger partial charge in [0.15, 0.2) is 0 Å². The Morgan fingerprint density at radius 1 is 0.881 bits per heavy atom. The minimum atomic E-state index is -1.03. The van der Waals surface area contributed by atoms with Gasteiger partial charge in [-0.2, -0.15) is 0 Å². The smallest absolute Gasteiger partial charge is 0.407 e. The Kier molecular flexibility index (Phi) is 9.54. The fourth-order valence-electron chi connectivity index (χ4n) is 6.18. The van der Waals surface area contributed by atoms with Crippen LogP contribution in [0.15, 0.2) is 78.9 Å². The molecule has 220 valence electrons. The summed E-state index contributed by atoms with van der Waals surface area (Å²) in [7, 11) is 0. The summed E-state index contributed by atoms with van der Waals surface area (Å²) < 4.78 is 11.7. The third-order valence-corrected chi connectivity index (χ3v) is 8.49. The van der Waals surface area contributed by atoms with Crippen molar-refractivity contribution in [2.45, 2.75) is 57.3 Å². The Bertz CT molecular complexity index is 1350. The first-order chi connectivity index (χ1) is 20.4. The molecule has 0 saturated heterocycles. The van der Waals surface area contributed by atoms with Crippen molar-refractivity contribution < 1.29 is 29.0 Å². The van der Waals surface area contributed by atoms with E-state index >= 15 is 0 Å². The molecule has 0 bridgehead atoms. The number of fused-ring (bicyclic) bond motifs is 3. The molecule has 0 radical (unpaired) electrons. The number of nitrogens with one attached hydrogen (secondary N) is 2. The summed E-state index contributed by atoms with van der Waals surface area (Å²) in [6.07, 6.45) is 1.76. The van der Waals surface area contributed by atoms with Crippen LogP contribution in [0, 0.1) is 11.8 Å². The quantitative estimate of drug-likeness (QED) is 0.280. The number of aliphatic carboxylic acids is 1. The standard InChI is InChI=1S/C34H38N2O6/c1-22(41-20-23-11-3-2-4-12-23)31(32(37)35-19-24-13-5-6-14-25(24)33(38)39)36-34(40)42-21-30-28-17-9-7-15-26(28)27-16-8-10-18-29(27)30/h2-4,7-12,15-18,22,24-25,30-31H,5-6,13-14,19-21H2,1H3,(H,35,37)(H,36,40)(H,38,39)/t22-,24+,25+,31+/m0/s1. The maximum atomic E-state index is 13.4. The van der Waals surface area contributed by atoms with E-state index in [2.05, 4.69) is 22.8 Å². The molecule has 0 unspecified atom stereocenters. The van der Waals surface area contributed by atoms with E-state index in [9.17, 15) is 19.5 Å². The fourth-order valence-corrected chi connectivity index (χ4v) is 6.18. The highest BCUT2D eigenvalue weighted by Crippen LogP contribution is 2.44. The van der Waals surface area contributed by atoms with Crippen LogP contribution in [0.3, 0.4) is 0 Å². The number of alkyl carbamates (subject to hydrolysis) is 1. The van der Waals surface area contributed by atoms with Crippen molar-refractivity contribution >= 4 is 18.0 Å². The van der Waals surface area contributed by atoms with Crippen LogP contribution < -0.4 is 10.6 Å². The molecule has 3 aromatic rings. The van der Waals surface area contributed by atoms with Crippen molar-refractivity contribution in [1.29, 1.82) is 0 Å². The zero-order chi connectivity index (χ0) is 29.5. The van der Waals surface area contributed by atoms with Crippen LogP contribution in [-0.2, 0) is 25.7 Å². The summed E-state index contributed by atoms with van der Waals surface area (Å²) in [6.45, 7) is 2.35. The first-order valence-corrected chi connectivity index (χ1v) is 14.7. The molecule has 0 spiro atoms. The largest absolute Gasteiger partial charge is 0.481 e. The lowest BCUT2D eigenvalue weighted by atomic mass is 9.79. The van der Waals surface area contributed by atoms with Gasteiger partial charge in [-0.05, 0) is 53.5 Å². The fraction of sp³-hybridized carbons (Fsp3) is 0.382. The average Bonchev–Trinajstić information content (AvgIpc) is 3.34. The van der Waals surface area contributed by atoms with Crippen molar-refractivity contribution in [3.8, 4) is 11.1 Å². The molecule has 4 atom stereocenters. The van der Waals surface area contributed by atoms with Crippen molar-refractivity contribution in [2.75, 3.05) is 13.2 Å². The Hall–Kier alpha value is -4.17. The lowest BCUT2D eigenvalue weighted by Gasteiger charge is -2.30. The predicted octanol–water partition coefficient (Wildman–Crippen LogP) is 5.51. The summed E-state index contributed by atoms with van der Waals surface area (Å²) in [5.41, 5.74) is 5.40. The molecule has 5 rings (SSSR count). The van der Waals surface area contributed by atoms with Crippen LogP contribution in [0.1, 0.15) is 55.2 Å². The number of hydrogen-bond acceptors (Lipinski definition) is 5. The number of hydrogen-bond donors (Lipinski definition) is 3. The van der Waals surface area contributed by atoms with E-state index in [1.54, 1.807) is 6.92 Å². The maximum Gasteiger partial charge on any atom is 0.407 e. The molecule has 1 fully saturated rings. The first kappa shape index (κ1) is 29.3. The van der Waals surface area contributed by atoms with Gasteiger partial charge < -0.3 is 25.2 Å². The van der Waals surface area contributed by atoms with Crippen LogP contribution in [0.25, 0.3) is 11.1 Å². The van der Waals surface area contributed by atoms with Gasteiger partial charge in [-0.15, -0.1) is 0 Å². The van der Waals surface area contributed by atoms with Crippen LogP contribution in [-0.4, -0.2) is 48.4 Å². The molecule has 42 heavy (non-hydrogen) atoms. The van der Waals surface area contributed by atoms with Crippen LogP contribution in [0.4, 0.5) is 4.79 Å². The van der Waals surface area contributed by atoms with Gasteiger partial charge in [0.2, 0.25) is 5.91 Å². The molecule has 8 heteroatoms. The average molecular weight is 571 g/mol. The minimum absolute atomic E-state index is 0.110. The number of benzene rings is 3. The molecule has 0 aliphatic heterocycles. The lowest BCUT2D eigenvalue weighted by molar-refractivity contribution is -0.145. The highest BCUT2D eigenvalue weighted by atomic mass is 16.5. The van der Waals surface area contributed by atoms with Gasteiger partial charge in [0.05, 0.1) is 18.6 Å². The summed E-state index contributed by atoms with van der Waals surface area (Å²) in [5, 5.41) is 15.3. The molecular formula is C34H38N2O6. The monoisotopic (exact) mass is 570 g/mol. The van der Waals surface area contributed by atoms with E-state index in [0.29, 0.717) is 6.42 Å². The van der Waals surface area contributed by atoms with E-state index in [4.69, 9.17) is 9.47 Å². The Morgan fingerprint density at radius 3 is 2.17 bits per heavy atom. The summed E-state index contributed by atoms with van der Waals surface area (Å²) in [5.74, 6) is -2.02. The normalized spacial score (nSPS) is 19.2. The molecule has 2 aliphatic rings. The van der Waals surface area contributed by atoms with Crippen LogP contribution >= 0.6 is 0 Å². The van der Waals surface area contributed by atoms with Gasteiger partial charge in [-0.3, -0.25) is 9.59 Å². The Morgan fingerprint density at radius 2 is 1.50 bits per heavy atom. The van der Waals surface area contributed by atoms with Gasteiger partial charge in [-0.25, -0.2) is 4.79 Å². The second-order valence-electron chi connectivity index (χ2n) is 11.2. The van der Waals surface area contributed by atoms with E-state index in [1.165, 1.54) is 0 Å². The number of carboxylic acids is 1. The van der Waals surface area contributed by atoms with Crippen molar-refractivity contribution in [2.24, 2.45) is 11.8 Å². The van der Waals surface area contributed by atoms with Gasteiger partial charge in [0, 0.05) is 12.5 Å². The summed E-state index contributed by atoms with van der Waals surface area (Å²) in [6, 6.07) is 24.7. The van der Waals surface area contributed by atoms with Crippen molar-refractivity contribution in [3.05, 3.63) is 95.6 Å². The van der Waals surface area contributed by atoms with Gasteiger partial charge in [-0.1, -0.05) is 91.7 Å². The topological polar surface area (TPSA) is 114 Å². The number of amides is 2. The molecule has 2 aliphatic carbocycles. The molecule has 3 N–H and O–H groups in total. The summed E-state index contributed by atoms with van der Waals surface area (Å²) in [4.78, 5) is 38.3. The first-order valence-electron chi connectivity index (χ1n) is 14.7. The molecule has 0 aromatic heterocycles. The highest BCUT2D eigenvalue weighted by Gasteiger charge is 2.34. The SMILES string of the molecule is C[C@H](OCc1ccccc1)[C@@H](NC(=O)OCC1c2ccccc2-c2ccccc21)C(=O)NC[C@H]1CCCC[C@H]1C(=O)O. The summed E-state index contributed by atoms with van der Waals surface area (Å²) >= 11 is 0. The Labute approximate surface area is 246 Å². The van der Waals surface area contributed by atoms with Crippen LogP contribution in [0.2, 0.25) is 0 Å². The molecular weight excluding hydrogens is 532 g/mol. The van der Waals surface area contributed by atoms with Crippen LogP contribution in [0.5, 0.6) is 0 Å². The molecule has 1 saturated carbocycles. The highest BCUT2D eigenvalue weighted by molar-refractivity contribution is 5.86. The number of ether oxygens (including phenoxy) is 2. The molecule has 8 nitrogen and oxygen atoms in total. The van der Waals surface area contributed by atoms with Crippen molar-refractivity contribution in [3.63, 3.8) is 0 Å². The number of rotatable bonds is 11. The van der Waals surface area contributed by atoms with E-state index in [0.717, 1.165) is 47.1 Å². The number of carbonyl (C=O) groups excluding carboxylic acids is 2. The zero-order valence-electron chi connectivity index (χ0n) is 23.8. The lowest BCUT2D eigenvalue weighted by Crippen LogP contribution is -2.54. The third kappa shape index (κ3) is 6.82. The van der Waals surface area contributed by atoms with Gasteiger partial charge in [0.25, 0.3) is 0 Å². The molecule has 3 aromatic carbocycles. The Balaban J connectivity index is 1.25. The second kappa shape index (κ2) is 13.7. The van der Waals surface area contributed by atoms with E-state index in [-0.39, 0.29) is 31.6 Å². The number of carbonyl (C=O) groups is 3. The van der Waals surface area contributed by atoms with Gasteiger partial charge >= 0.3 is 12.1 Å². The van der Waals surface area contributed by atoms with E-state index < -0.39 is 36.0 Å². The minimum Gasteiger partial charge on any atom is -0.481 e. The maximum absolute atomic E-state index is 13.4.